The monoisotopic (exact) mass is 358 g/mol. The molecule has 2 N–H and O–H groups in total. The van der Waals surface area contributed by atoms with E-state index in [-0.39, 0.29) is 41.0 Å². The predicted octanol–water partition coefficient (Wildman–Crippen LogP) is 3.89. The second-order valence-electron chi connectivity index (χ2n) is 8.84. The standard InChI is InChI=1S/C22H30O4/c1-13(8-10-23)18-21(5)12-14(2)17-20(4,9-7-16(24)25)11-15(3)19(26-18)22(17,21)6/h7-9,11-12,17-19,23H,10H2,1-6H3,(H,24,25)/b9-7+,13-8-/t17-,18+,19+,20-,21+,22-/m1/s1. The first-order valence-electron chi connectivity index (χ1n) is 9.25. The molecule has 2 aliphatic carbocycles. The second kappa shape index (κ2) is 5.93. The third kappa shape index (κ3) is 2.31. The Balaban J connectivity index is 2.19. The van der Waals surface area contributed by atoms with Crippen molar-refractivity contribution in [1.82, 2.24) is 0 Å². The molecule has 6 atom stereocenters. The zero-order valence-corrected chi connectivity index (χ0v) is 16.5. The summed E-state index contributed by atoms with van der Waals surface area (Å²) in [6, 6.07) is 0. The maximum absolute atomic E-state index is 11.2. The van der Waals surface area contributed by atoms with Crippen LogP contribution in [0.3, 0.4) is 0 Å². The van der Waals surface area contributed by atoms with E-state index in [4.69, 9.17) is 9.84 Å². The molecule has 0 spiro atoms. The number of carboxylic acid groups (broad SMARTS) is 1. The Morgan fingerprint density at radius 3 is 2.46 bits per heavy atom. The quantitative estimate of drug-likeness (QED) is 0.591. The van der Waals surface area contributed by atoms with E-state index in [9.17, 15) is 9.90 Å². The Labute approximate surface area is 155 Å². The number of aliphatic carboxylic acids is 1. The summed E-state index contributed by atoms with van der Waals surface area (Å²) < 4.78 is 6.57. The highest BCUT2D eigenvalue weighted by Gasteiger charge is 2.70. The SMILES string of the molecule is CC1=C[C@@](C)(/C=C/C(=O)O)[C@H]2C(C)=C[C@@]3(C)[C@H](/C(C)=C\CO)O[C@@H]1[C@@]23C. The zero-order valence-electron chi connectivity index (χ0n) is 16.5. The summed E-state index contributed by atoms with van der Waals surface area (Å²) in [5, 5.41) is 18.5. The number of aliphatic hydroxyl groups is 1. The van der Waals surface area contributed by atoms with Crippen molar-refractivity contribution in [2.24, 2.45) is 22.2 Å². The lowest BCUT2D eigenvalue weighted by Gasteiger charge is -2.52. The molecule has 0 unspecified atom stereocenters. The highest BCUT2D eigenvalue weighted by atomic mass is 16.5. The second-order valence-corrected chi connectivity index (χ2v) is 8.84. The van der Waals surface area contributed by atoms with Gasteiger partial charge in [-0.25, -0.2) is 4.79 Å². The molecule has 0 aromatic rings. The molecule has 0 aromatic heterocycles. The van der Waals surface area contributed by atoms with Gasteiger partial charge < -0.3 is 14.9 Å². The van der Waals surface area contributed by atoms with Crippen molar-refractivity contribution in [1.29, 1.82) is 0 Å². The van der Waals surface area contributed by atoms with E-state index in [1.54, 1.807) is 0 Å². The van der Waals surface area contributed by atoms with Crippen LogP contribution in [-0.2, 0) is 9.53 Å². The van der Waals surface area contributed by atoms with Crippen LogP contribution in [-0.4, -0.2) is 35.0 Å². The molecular formula is C22H30O4. The molecule has 0 aromatic carbocycles. The van der Waals surface area contributed by atoms with Gasteiger partial charge in [0, 0.05) is 28.2 Å². The van der Waals surface area contributed by atoms with Gasteiger partial charge in [-0.05, 0) is 31.9 Å². The van der Waals surface area contributed by atoms with Gasteiger partial charge in [0.2, 0.25) is 0 Å². The van der Waals surface area contributed by atoms with Crippen LogP contribution in [0.4, 0.5) is 0 Å². The fraction of sp³-hybridized carbons (Fsp3) is 0.591. The molecule has 4 nitrogen and oxygen atoms in total. The van der Waals surface area contributed by atoms with E-state index in [1.807, 2.05) is 19.1 Å². The van der Waals surface area contributed by atoms with Crippen LogP contribution < -0.4 is 0 Å². The minimum absolute atomic E-state index is 0.00314. The number of hydrogen-bond donors (Lipinski definition) is 2. The number of aliphatic hydroxyl groups excluding tert-OH is 1. The molecule has 0 bridgehead atoms. The first kappa shape index (κ1) is 19.1. The molecule has 1 saturated heterocycles. The van der Waals surface area contributed by atoms with E-state index < -0.39 is 5.97 Å². The molecule has 0 saturated carbocycles. The maximum atomic E-state index is 11.2. The van der Waals surface area contributed by atoms with Gasteiger partial charge in [0.15, 0.2) is 0 Å². The Hall–Kier alpha value is -1.65. The summed E-state index contributed by atoms with van der Waals surface area (Å²) in [5.41, 5.74) is 2.71. The van der Waals surface area contributed by atoms with Gasteiger partial charge in [-0.15, -0.1) is 0 Å². The van der Waals surface area contributed by atoms with Gasteiger partial charge >= 0.3 is 5.97 Å². The van der Waals surface area contributed by atoms with Crippen molar-refractivity contribution in [2.45, 2.75) is 53.8 Å². The van der Waals surface area contributed by atoms with E-state index in [0.29, 0.717) is 0 Å². The Bertz CT molecular complexity index is 758. The van der Waals surface area contributed by atoms with Crippen molar-refractivity contribution >= 4 is 5.97 Å². The van der Waals surface area contributed by atoms with Crippen molar-refractivity contribution in [2.75, 3.05) is 6.61 Å². The number of ether oxygens (including phenoxy) is 1. The molecule has 0 amide bonds. The highest BCUT2D eigenvalue weighted by Crippen LogP contribution is 2.71. The van der Waals surface area contributed by atoms with Gasteiger partial charge in [-0.3, -0.25) is 0 Å². The smallest absolute Gasteiger partial charge is 0.328 e. The maximum Gasteiger partial charge on any atom is 0.328 e. The summed E-state index contributed by atoms with van der Waals surface area (Å²) in [6.07, 6.45) is 9.31. The van der Waals surface area contributed by atoms with Crippen molar-refractivity contribution in [3.8, 4) is 0 Å². The van der Waals surface area contributed by atoms with Crippen molar-refractivity contribution in [3.63, 3.8) is 0 Å². The van der Waals surface area contributed by atoms with Crippen molar-refractivity contribution in [3.05, 3.63) is 47.1 Å². The molecule has 0 radical (unpaired) electrons. The molecule has 26 heavy (non-hydrogen) atoms. The van der Waals surface area contributed by atoms with E-state index in [2.05, 4.69) is 46.8 Å². The molecule has 4 heteroatoms. The average molecular weight is 358 g/mol. The van der Waals surface area contributed by atoms with E-state index >= 15 is 0 Å². The number of carbonyl (C=O) groups is 1. The summed E-state index contributed by atoms with van der Waals surface area (Å²) in [5.74, 6) is -0.759. The van der Waals surface area contributed by atoms with Crippen LogP contribution in [0.1, 0.15) is 41.5 Å². The van der Waals surface area contributed by atoms with Gasteiger partial charge in [-0.2, -0.15) is 0 Å². The normalized spacial score (nSPS) is 44.9. The van der Waals surface area contributed by atoms with Crippen molar-refractivity contribution < 1.29 is 19.7 Å². The summed E-state index contributed by atoms with van der Waals surface area (Å²) in [7, 11) is 0. The average Bonchev–Trinajstić information content (AvgIpc) is 2.86. The number of rotatable bonds is 4. The lowest BCUT2D eigenvalue weighted by Crippen LogP contribution is -2.51. The topological polar surface area (TPSA) is 66.8 Å². The fourth-order valence-corrected chi connectivity index (χ4v) is 6.30. The highest BCUT2D eigenvalue weighted by molar-refractivity contribution is 5.80. The van der Waals surface area contributed by atoms with Crippen LogP contribution >= 0.6 is 0 Å². The first-order chi connectivity index (χ1) is 12.0. The first-order valence-corrected chi connectivity index (χ1v) is 9.25. The lowest BCUT2D eigenvalue weighted by atomic mass is 9.50. The van der Waals surface area contributed by atoms with Crippen LogP contribution in [0.25, 0.3) is 0 Å². The van der Waals surface area contributed by atoms with Gasteiger partial charge in [0.1, 0.15) is 0 Å². The summed E-state index contributed by atoms with van der Waals surface area (Å²) in [4.78, 5) is 11.2. The van der Waals surface area contributed by atoms with Crippen LogP contribution in [0.2, 0.25) is 0 Å². The Kier molecular flexibility index (Phi) is 4.36. The molecule has 1 heterocycles. The minimum Gasteiger partial charge on any atom is -0.478 e. The lowest BCUT2D eigenvalue weighted by molar-refractivity contribution is -0.131. The third-order valence-corrected chi connectivity index (χ3v) is 7.09. The molecular weight excluding hydrogens is 328 g/mol. The molecule has 1 fully saturated rings. The van der Waals surface area contributed by atoms with Gasteiger partial charge in [0.25, 0.3) is 0 Å². The van der Waals surface area contributed by atoms with Crippen LogP contribution in [0, 0.1) is 22.2 Å². The third-order valence-electron chi connectivity index (χ3n) is 7.09. The minimum atomic E-state index is -0.922. The molecule has 3 aliphatic rings. The van der Waals surface area contributed by atoms with E-state index in [0.717, 1.165) is 11.1 Å². The zero-order chi connectivity index (χ0) is 19.5. The summed E-state index contributed by atoms with van der Waals surface area (Å²) >= 11 is 0. The van der Waals surface area contributed by atoms with E-state index in [1.165, 1.54) is 11.6 Å². The van der Waals surface area contributed by atoms with Gasteiger partial charge in [0.05, 0.1) is 18.8 Å². The molecule has 142 valence electrons. The number of hydrogen-bond acceptors (Lipinski definition) is 3. The van der Waals surface area contributed by atoms with Gasteiger partial charge in [-0.1, -0.05) is 50.6 Å². The number of allylic oxidation sites excluding steroid dienone is 3. The largest absolute Gasteiger partial charge is 0.478 e. The Morgan fingerprint density at radius 1 is 1.23 bits per heavy atom. The number of carboxylic acids is 1. The summed E-state index contributed by atoms with van der Waals surface area (Å²) in [6.45, 7) is 12.9. The Morgan fingerprint density at radius 2 is 1.88 bits per heavy atom. The predicted molar refractivity (Wildman–Crippen MR) is 102 cm³/mol. The van der Waals surface area contributed by atoms with Crippen LogP contribution in [0.15, 0.2) is 47.1 Å². The molecule has 1 aliphatic heterocycles. The fourth-order valence-electron chi connectivity index (χ4n) is 6.30. The molecule has 3 rings (SSSR count). The van der Waals surface area contributed by atoms with Crippen LogP contribution in [0.5, 0.6) is 0 Å².